The van der Waals surface area contributed by atoms with Gasteiger partial charge in [-0.1, -0.05) is 59.8 Å². The van der Waals surface area contributed by atoms with E-state index in [0.717, 1.165) is 12.0 Å². The molecule has 2 amide bonds. The van der Waals surface area contributed by atoms with Crippen LogP contribution < -0.4 is 10.6 Å². The summed E-state index contributed by atoms with van der Waals surface area (Å²) >= 11 is 5.87. The van der Waals surface area contributed by atoms with Crippen LogP contribution >= 0.6 is 11.6 Å². The molecule has 0 radical (unpaired) electrons. The van der Waals surface area contributed by atoms with Crippen LogP contribution in [0.25, 0.3) is 0 Å². The van der Waals surface area contributed by atoms with Gasteiger partial charge in [0, 0.05) is 17.1 Å². The van der Waals surface area contributed by atoms with Crippen molar-refractivity contribution in [3.05, 3.63) is 70.7 Å². The number of carbonyl (C=O) groups excluding carboxylic acids is 1. The molecule has 112 valence electrons. The molecule has 0 heterocycles. The van der Waals surface area contributed by atoms with Crippen LogP contribution in [0.2, 0.25) is 5.02 Å². The van der Waals surface area contributed by atoms with Gasteiger partial charge in [0.1, 0.15) is 0 Å². The standard InChI is InChI=1S/C18H17ClN2O/c19-17-10-4-8-16(14-17)9-5-12-20-18(22)21-13-11-15-6-2-1-3-7-15/h1-4,6-8,10,14H,11-13H2,(H2,20,21,22). The van der Waals surface area contributed by atoms with E-state index in [9.17, 15) is 4.79 Å². The first-order chi connectivity index (χ1) is 10.7. The van der Waals surface area contributed by atoms with Gasteiger partial charge < -0.3 is 10.6 Å². The summed E-state index contributed by atoms with van der Waals surface area (Å²) in [5.74, 6) is 5.83. The molecule has 2 N–H and O–H groups in total. The zero-order valence-electron chi connectivity index (χ0n) is 12.1. The van der Waals surface area contributed by atoms with Crippen LogP contribution in [-0.4, -0.2) is 19.1 Å². The van der Waals surface area contributed by atoms with Gasteiger partial charge in [-0.25, -0.2) is 4.79 Å². The summed E-state index contributed by atoms with van der Waals surface area (Å²) in [6.07, 6.45) is 0.808. The number of urea groups is 1. The first-order valence-electron chi connectivity index (χ1n) is 7.04. The van der Waals surface area contributed by atoms with E-state index < -0.39 is 0 Å². The predicted molar refractivity (Wildman–Crippen MR) is 89.9 cm³/mol. The maximum atomic E-state index is 11.6. The van der Waals surface area contributed by atoms with Crippen molar-refractivity contribution in [3.63, 3.8) is 0 Å². The van der Waals surface area contributed by atoms with E-state index in [1.807, 2.05) is 42.5 Å². The highest BCUT2D eigenvalue weighted by Crippen LogP contribution is 2.09. The topological polar surface area (TPSA) is 41.1 Å². The Bertz CT molecular complexity index is 674. The van der Waals surface area contributed by atoms with E-state index in [0.29, 0.717) is 18.1 Å². The van der Waals surface area contributed by atoms with Gasteiger partial charge in [0.2, 0.25) is 0 Å². The molecule has 0 saturated heterocycles. The van der Waals surface area contributed by atoms with E-state index in [4.69, 9.17) is 11.6 Å². The van der Waals surface area contributed by atoms with Crippen molar-refractivity contribution >= 4 is 17.6 Å². The van der Waals surface area contributed by atoms with Crippen LogP contribution in [0, 0.1) is 11.8 Å². The lowest BCUT2D eigenvalue weighted by Gasteiger charge is -2.05. The van der Waals surface area contributed by atoms with E-state index in [1.165, 1.54) is 5.56 Å². The van der Waals surface area contributed by atoms with Crippen molar-refractivity contribution in [1.29, 1.82) is 0 Å². The van der Waals surface area contributed by atoms with E-state index in [-0.39, 0.29) is 6.03 Å². The van der Waals surface area contributed by atoms with Gasteiger partial charge >= 0.3 is 6.03 Å². The minimum absolute atomic E-state index is 0.212. The maximum Gasteiger partial charge on any atom is 0.315 e. The SMILES string of the molecule is O=C(NCC#Cc1cccc(Cl)c1)NCCc1ccccc1. The lowest BCUT2D eigenvalue weighted by Crippen LogP contribution is -2.36. The summed E-state index contributed by atoms with van der Waals surface area (Å²) < 4.78 is 0. The summed E-state index contributed by atoms with van der Waals surface area (Å²) in [6, 6.07) is 17.1. The molecule has 2 rings (SSSR count). The van der Waals surface area contributed by atoms with Crippen LogP contribution in [-0.2, 0) is 6.42 Å². The summed E-state index contributed by atoms with van der Waals surface area (Å²) in [4.78, 5) is 11.6. The molecule has 0 aliphatic heterocycles. The first kappa shape index (κ1) is 15.9. The van der Waals surface area contributed by atoms with Crippen molar-refractivity contribution in [2.75, 3.05) is 13.1 Å². The fraction of sp³-hybridized carbons (Fsp3) is 0.167. The molecule has 0 aromatic heterocycles. The number of amides is 2. The van der Waals surface area contributed by atoms with Crippen molar-refractivity contribution in [1.82, 2.24) is 10.6 Å². The van der Waals surface area contributed by atoms with Crippen LogP contribution in [0.3, 0.4) is 0 Å². The second-order valence-electron chi connectivity index (χ2n) is 4.66. The van der Waals surface area contributed by atoms with E-state index in [1.54, 1.807) is 12.1 Å². The molecular formula is C18H17ClN2O. The molecule has 0 unspecified atom stereocenters. The van der Waals surface area contributed by atoms with Crippen molar-refractivity contribution < 1.29 is 4.79 Å². The van der Waals surface area contributed by atoms with Crippen LogP contribution in [0.1, 0.15) is 11.1 Å². The summed E-state index contributed by atoms with van der Waals surface area (Å²) in [6.45, 7) is 0.890. The van der Waals surface area contributed by atoms with E-state index in [2.05, 4.69) is 22.5 Å². The van der Waals surface area contributed by atoms with Crippen LogP contribution in [0.15, 0.2) is 54.6 Å². The minimum atomic E-state index is -0.212. The third-order valence-corrected chi connectivity index (χ3v) is 3.17. The van der Waals surface area contributed by atoms with Gasteiger partial charge in [0.15, 0.2) is 0 Å². The monoisotopic (exact) mass is 312 g/mol. The number of hydrogen-bond acceptors (Lipinski definition) is 1. The average Bonchev–Trinajstić information content (AvgIpc) is 2.53. The molecule has 0 spiro atoms. The van der Waals surface area contributed by atoms with Crippen LogP contribution in [0.5, 0.6) is 0 Å². The molecule has 0 bridgehead atoms. The molecule has 2 aromatic carbocycles. The van der Waals surface area contributed by atoms with Gasteiger partial charge in [-0.05, 0) is 30.2 Å². The zero-order chi connectivity index (χ0) is 15.6. The quantitative estimate of drug-likeness (QED) is 0.836. The minimum Gasteiger partial charge on any atom is -0.338 e. The number of halogens is 1. The molecule has 4 heteroatoms. The van der Waals surface area contributed by atoms with Crippen LogP contribution in [0.4, 0.5) is 4.79 Å². The van der Waals surface area contributed by atoms with Gasteiger partial charge in [0.25, 0.3) is 0 Å². The van der Waals surface area contributed by atoms with Crippen molar-refractivity contribution in [2.24, 2.45) is 0 Å². The summed E-state index contributed by atoms with van der Waals surface area (Å²) in [7, 11) is 0. The molecule has 0 atom stereocenters. The molecular weight excluding hydrogens is 296 g/mol. The molecule has 0 aliphatic rings. The van der Waals surface area contributed by atoms with Crippen molar-refractivity contribution in [2.45, 2.75) is 6.42 Å². The Morgan fingerprint density at radius 3 is 2.64 bits per heavy atom. The average molecular weight is 313 g/mol. The Balaban J connectivity index is 1.66. The highest BCUT2D eigenvalue weighted by Gasteiger charge is 1.97. The number of benzene rings is 2. The highest BCUT2D eigenvalue weighted by atomic mass is 35.5. The van der Waals surface area contributed by atoms with Gasteiger partial charge in [-0.15, -0.1) is 0 Å². The fourth-order valence-electron chi connectivity index (χ4n) is 1.86. The van der Waals surface area contributed by atoms with Gasteiger partial charge in [0.05, 0.1) is 6.54 Å². The zero-order valence-corrected chi connectivity index (χ0v) is 12.9. The lowest BCUT2D eigenvalue weighted by molar-refractivity contribution is 0.242. The fourth-order valence-corrected chi connectivity index (χ4v) is 2.05. The summed E-state index contributed by atoms with van der Waals surface area (Å²) in [5, 5.41) is 6.15. The molecule has 22 heavy (non-hydrogen) atoms. The number of carbonyl (C=O) groups is 1. The Morgan fingerprint density at radius 1 is 1.05 bits per heavy atom. The lowest BCUT2D eigenvalue weighted by atomic mass is 10.1. The molecule has 0 saturated carbocycles. The Kier molecular flexibility index (Phi) is 6.35. The second kappa shape index (κ2) is 8.76. The van der Waals surface area contributed by atoms with Gasteiger partial charge in [-0.3, -0.25) is 0 Å². The third kappa shape index (κ3) is 5.90. The Morgan fingerprint density at radius 2 is 1.86 bits per heavy atom. The van der Waals surface area contributed by atoms with Crippen molar-refractivity contribution in [3.8, 4) is 11.8 Å². The number of hydrogen-bond donors (Lipinski definition) is 2. The Hall–Kier alpha value is -2.44. The maximum absolute atomic E-state index is 11.6. The third-order valence-electron chi connectivity index (χ3n) is 2.94. The summed E-state index contributed by atoms with van der Waals surface area (Å²) in [5.41, 5.74) is 2.03. The highest BCUT2D eigenvalue weighted by molar-refractivity contribution is 6.30. The molecule has 0 aliphatic carbocycles. The molecule has 3 nitrogen and oxygen atoms in total. The van der Waals surface area contributed by atoms with Gasteiger partial charge in [-0.2, -0.15) is 0 Å². The largest absolute Gasteiger partial charge is 0.338 e. The second-order valence-corrected chi connectivity index (χ2v) is 5.09. The number of nitrogens with one attached hydrogen (secondary N) is 2. The van der Waals surface area contributed by atoms with E-state index >= 15 is 0 Å². The molecule has 0 fully saturated rings. The predicted octanol–water partition coefficient (Wildman–Crippen LogP) is 3.23. The first-order valence-corrected chi connectivity index (χ1v) is 7.42. The molecule has 2 aromatic rings. The normalized spacial score (nSPS) is 9.50. The smallest absolute Gasteiger partial charge is 0.315 e. The Labute approximate surface area is 135 Å². The number of rotatable bonds is 4.